The van der Waals surface area contributed by atoms with Gasteiger partial charge in [-0.3, -0.25) is 4.79 Å². The number of nitrogens with one attached hydrogen (secondary N) is 2. The molecular formula is C19H26N3O2S+. The molecule has 0 spiro atoms. The van der Waals surface area contributed by atoms with Crippen LogP contribution in [0.2, 0.25) is 0 Å². The van der Waals surface area contributed by atoms with Crippen LogP contribution in [0.4, 0.5) is 5.69 Å². The topological polar surface area (TPSA) is 55.7 Å². The molecule has 134 valence electrons. The summed E-state index contributed by atoms with van der Waals surface area (Å²) < 4.78 is 5.78. The number of morpholine rings is 1. The number of hydrogen-bond acceptors (Lipinski definition) is 4. The Labute approximate surface area is 153 Å². The van der Waals surface area contributed by atoms with Gasteiger partial charge in [-0.2, -0.15) is 0 Å². The van der Waals surface area contributed by atoms with Crippen LogP contribution in [0.25, 0.3) is 0 Å². The first-order valence-electron chi connectivity index (χ1n) is 8.77. The number of quaternary nitrogens is 1. The van der Waals surface area contributed by atoms with Gasteiger partial charge in [0.2, 0.25) is 5.91 Å². The number of thiazole rings is 1. The second kappa shape index (κ2) is 8.08. The lowest BCUT2D eigenvalue weighted by atomic mass is 10.2. The Hall–Kier alpha value is -1.76. The van der Waals surface area contributed by atoms with E-state index in [0.717, 1.165) is 36.0 Å². The van der Waals surface area contributed by atoms with E-state index in [1.54, 1.807) is 11.3 Å². The minimum absolute atomic E-state index is 0.0225. The zero-order chi connectivity index (χ0) is 17.8. The van der Waals surface area contributed by atoms with Crippen LogP contribution >= 0.6 is 11.3 Å². The molecule has 25 heavy (non-hydrogen) atoms. The number of benzene rings is 1. The number of carbonyl (C=O) groups excluding carboxylic acids is 1. The Balaban J connectivity index is 1.52. The Morgan fingerprint density at radius 1 is 1.28 bits per heavy atom. The molecule has 0 radical (unpaired) electrons. The van der Waals surface area contributed by atoms with E-state index in [1.165, 1.54) is 10.5 Å². The Kier molecular flexibility index (Phi) is 5.83. The highest BCUT2D eigenvalue weighted by molar-refractivity contribution is 7.09. The van der Waals surface area contributed by atoms with E-state index in [2.05, 4.69) is 29.5 Å². The summed E-state index contributed by atoms with van der Waals surface area (Å²) in [7, 11) is 0. The van der Waals surface area contributed by atoms with Crippen molar-refractivity contribution < 1.29 is 14.4 Å². The van der Waals surface area contributed by atoms with E-state index in [-0.39, 0.29) is 18.1 Å². The van der Waals surface area contributed by atoms with Crippen molar-refractivity contribution in [3.8, 4) is 0 Å². The third kappa shape index (κ3) is 5.36. The molecule has 1 aromatic heterocycles. The maximum atomic E-state index is 12.2. The van der Waals surface area contributed by atoms with E-state index < -0.39 is 0 Å². The first-order chi connectivity index (χ1) is 12.0. The number of aryl methyl sites for hydroxylation is 1. The summed E-state index contributed by atoms with van der Waals surface area (Å²) in [4.78, 5) is 18.3. The van der Waals surface area contributed by atoms with Crippen LogP contribution in [0, 0.1) is 6.92 Å². The highest BCUT2D eigenvalue weighted by Gasteiger charge is 2.26. The largest absolute Gasteiger partial charge is 0.364 e. The molecule has 1 aliphatic heterocycles. The normalized spacial score (nSPS) is 23.4. The van der Waals surface area contributed by atoms with Crippen molar-refractivity contribution in [2.24, 2.45) is 0 Å². The van der Waals surface area contributed by atoms with Crippen molar-refractivity contribution >= 4 is 22.9 Å². The first kappa shape index (κ1) is 18.0. The average Bonchev–Trinajstić information content (AvgIpc) is 2.95. The SMILES string of the molecule is Cc1ccc(NC(=O)Cc2nc(C[NH+]3C[C@H](C)O[C@@H](C)C3)cs2)cc1. The van der Waals surface area contributed by atoms with Gasteiger partial charge in [0.1, 0.15) is 42.5 Å². The van der Waals surface area contributed by atoms with Crippen LogP contribution in [-0.4, -0.2) is 36.2 Å². The van der Waals surface area contributed by atoms with Crippen LogP contribution in [0.15, 0.2) is 29.6 Å². The fraction of sp³-hybridized carbons (Fsp3) is 0.474. The van der Waals surface area contributed by atoms with Gasteiger partial charge >= 0.3 is 0 Å². The van der Waals surface area contributed by atoms with E-state index >= 15 is 0 Å². The molecule has 1 saturated heterocycles. The minimum atomic E-state index is -0.0225. The second-order valence-corrected chi connectivity index (χ2v) is 7.86. The fourth-order valence-electron chi connectivity index (χ4n) is 3.28. The monoisotopic (exact) mass is 360 g/mol. The lowest BCUT2D eigenvalue weighted by Crippen LogP contribution is -3.14. The molecule has 2 aromatic rings. The zero-order valence-corrected chi connectivity index (χ0v) is 15.9. The molecule has 3 rings (SSSR count). The van der Waals surface area contributed by atoms with E-state index in [0.29, 0.717) is 6.42 Å². The third-order valence-electron chi connectivity index (χ3n) is 4.29. The van der Waals surface area contributed by atoms with Gasteiger partial charge in [-0.05, 0) is 32.9 Å². The number of rotatable bonds is 5. The van der Waals surface area contributed by atoms with Crippen molar-refractivity contribution in [3.63, 3.8) is 0 Å². The number of ether oxygens (including phenoxy) is 1. The predicted molar refractivity (Wildman–Crippen MR) is 100 cm³/mol. The van der Waals surface area contributed by atoms with Crippen LogP contribution in [0.5, 0.6) is 0 Å². The van der Waals surface area contributed by atoms with Gasteiger partial charge < -0.3 is 15.0 Å². The zero-order valence-electron chi connectivity index (χ0n) is 15.0. The molecule has 0 aliphatic carbocycles. The predicted octanol–water partition coefficient (Wildman–Crippen LogP) is 1.82. The van der Waals surface area contributed by atoms with Crippen molar-refractivity contribution in [2.45, 2.75) is 45.9 Å². The summed E-state index contributed by atoms with van der Waals surface area (Å²) in [6.07, 6.45) is 0.901. The van der Waals surface area contributed by atoms with E-state index in [1.807, 2.05) is 31.2 Å². The smallest absolute Gasteiger partial charge is 0.231 e. The van der Waals surface area contributed by atoms with Gasteiger partial charge in [0.05, 0.1) is 6.42 Å². The molecule has 0 bridgehead atoms. The molecule has 2 N–H and O–H groups in total. The average molecular weight is 361 g/mol. The molecule has 2 atom stereocenters. The number of hydrogen-bond donors (Lipinski definition) is 2. The molecule has 0 unspecified atom stereocenters. The number of aromatic nitrogens is 1. The van der Waals surface area contributed by atoms with Gasteiger partial charge in [0.25, 0.3) is 0 Å². The molecular weight excluding hydrogens is 334 g/mol. The third-order valence-corrected chi connectivity index (χ3v) is 5.19. The lowest BCUT2D eigenvalue weighted by molar-refractivity contribution is -0.928. The van der Waals surface area contributed by atoms with Gasteiger partial charge in [-0.1, -0.05) is 17.7 Å². The molecule has 1 fully saturated rings. The molecule has 5 nitrogen and oxygen atoms in total. The first-order valence-corrected chi connectivity index (χ1v) is 9.64. The molecule has 1 aromatic carbocycles. The summed E-state index contributed by atoms with van der Waals surface area (Å²) in [6.45, 7) is 9.18. The maximum Gasteiger partial charge on any atom is 0.231 e. The maximum absolute atomic E-state index is 12.2. The summed E-state index contributed by atoms with van der Waals surface area (Å²) in [5.41, 5.74) is 3.07. The van der Waals surface area contributed by atoms with Crippen molar-refractivity contribution in [1.29, 1.82) is 0 Å². The Bertz CT molecular complexity index is 704. The minimum Gasteiger partial charge on any atom is -0.364 e. The van der Waals surface area contributed by atoms with Crippen LogP contribution in [0.3, 0.4) is 0 Å². The van der Waals surface area contributed by atoms with Crippen LogP contribution in [-0.2, 0) is 22.5 Å². The summed E-state index contributed by atoms with van der Waals surface area (Å²) >= 11 is 1.56. The standard InChI is InChI=1S/C19H25N3O2S/c1-13-4-6-16(7-5-13)20-18(23)8-19-21-17(12-25-19)11-22-9-14(2)24-15(3)10-22/h4-7,12,14-15H,8-11H2,1-3H3,(H,20,23)/p+1/t14-,15-/m0/s1. The van der Waals surface area contributed by atoms with Crippen LogP contribution in [0.1, 0.15) is 30.1 Å². The number of amides is 1. The number of anilines is 1. The highest BCUT2D eigenvalue weighted by atomic mass is 32.1. The van der Waals surface area contributed by atoms with E-state index in [4.69, 9.17) is 4.74 Å². The second-order valence-electron chi connectivity index (χ2n) is 6.92. The van der Waals surface area contributed by atoms with Crippen molar-refractivity contribution in [3.05, 3.63) is 45.9 Å². The lowest BCUT2D eigenvalue weighted by Gasteiger charge is -2.31. The van der Waals surface area contributed by atoms with Gasteiger partial charge in [-0.15, -0.1) is 11.3 Å². The number of carbonyl (C=O) groups is 1. The van der Waals surface area contributed by atoms with Crippen molar-refractivity contribution in [1.82, 2.24) is 4.98 Å². The van der Waals surface area contributed by atoms with Gasteiger partial charge in [0.15, 0.2) is 0 Å². The quantitative estimate of drug-likeness (QED) is 0.855. The van der Waals surface area contributed by atoms with Gasteiger partial charge in [-0.25, -0.2) is 4.98 Å². The molecule has 6 heteroatoms. The molecule has 1 amide bonds. The molecule has 1 aliphatic rings. The summed E-state index contributed by atoms with van der Waals surface area (Å²) in [6, 6.07) is 7.82. The van der Waals surface area contributed by atoms with Crippen molar-refractivity contribution in [2.75, 3.05) is 18.4 Å². The van der Waals surface area contributed by atoms with Crippen LogP contribution < -0.4 is 10.2 Å². The summed E-state index contributed by atoms with van der Waals surface area (Å²) in [5, 5.41) is 5.87. The highest BCUT2D eigenvalue weighted by Crippen LogP contribution is 2.13. The number of nitrogens with zero attached hydrogens (tertiary/aromatic N) is 1. The Morgan fingerprint density at radius 2 is 1.96 bits per heavy atom. The van der Waals surface area contributed by atoms with Gasteiger partial charge in [0, 0.05) is 11.1 Å². The molecule has 0 saturated carbocycles. The fourth-order valence-corrected chi connectivity index (χ4v) is 4.07. The summed E-state index contributed by atoms with van der Waals surface area (Å²) in [5.74, 6) is -0.0225. The van der Waals surface area contributed by atoms with E-state index in [9.17, 15) is 4.79 Å². The Morgan fingerprint density at radius 3 is 2.64 bits per heavy atom. The molecule has 2 heterocycles.